The van der Waals surface area contributed by atoms with E-state index >= 15 is 0 Å². The molecule has 0 saturated heterocycles. The average Bonchev–Trinajstić information content (AvgIpc) is 2.92. The normalized spacial score (nSPS) is 10.6. The summed E-state index contributed by atoms with van der Waals surface area (Å²) in [5, 5.41) is 3.67. The van der Waals surface area contributed by atoms with Gasteiger partial charge in [0.1, 0.15) is 15.5 Å². The molecule has 0 aliphatic rings. The minimum Gasteiger partial charge on any atom is -0.497 e. The smallest absolute Gasteiger partial charge is 0.267 e. The van der Waals surface area contributed by atoms with Crippen LogP contribution in [0.1, 0.15) is 9.67 Å². The highest BCUT2D eigenvalue weighted by molar-refractivity contribution is 7.21. The third-order valence-electron chi connectivity index (χ3n) is 3.64. The van der Waals surface area contributed by atoms with Crippen LogP contribution in [0.4, 0.5) is 17.1 Å². The van der Waals surface area contributed by atoms with E-state index < -0.39 is 0 Å². The lowest BCUT2D eigenvalue weighted by Crippen LogP contribution is -2.12. The van der Waals surface area contributed by atoms with E-state index in [1.54, 1.807) is 37.6 Å². The number of carbonyl (C=O) groups is 1. The Morgan fingerprint density at radius 1 is 1.25 bits per heavy atom. The molecule has 1 amide bonds. The number of nitrogens with zero attached hydrogens (tertiary/aromatic N) is 2. The van der Waals surface area contributed by atoms with E-state index in [0.29, 0.717) is 16.3 Å². The first-order valence-electron chi connectivity index (χ1n) is 7.31. The van der Waals surface area contributed by atoms with Crippen molar-refractivity contribution in [1.82, 2.24) is 4.98 Å². The van der Waals surface area contributed by atoms with Gasteiger partial charge in [0.15, 0.2) is 0 Å². The number of ether oxygens (including phenoxy) is 1. The summed E-state index contributed by atoms with van der Waals surface area (Å²) in [6.07, 6.45) is 1.72. The topological polar surface area (TPSA) is 80.5 Å². The van der Waals surface area contributed by atoms with Gasteiger partial charge in [-0.2, -0.15) is 0 Å². The van der Waals surface area contributed by atoms with E-state index in [1.807, 2.05) is 25.1 Å². The number of nitrogen functional groups attached to an aromatic ring is 1. The highest BCUT2D eigenvalue weighted by Gasteiger charge is 2.20. The number of pyridine rings is 1. The molecule has 3 N–H and O–H groups in total. The van der Waals surface area contributed by atoms with Crippen molar-refractivity contribution in [3.05, 3.63) is 41.4 Å². The van der Waals surface area contributed by atoms with Crippen LogP contribution in [-0.4, -0.2) is 32.1 Å². The van der Waals surface area contributed by atoms with Gasteiger partial charge < -0.3 is 20.7 Å². The van der Waals surface area contributed by atoms with Crippen LogP contribution in [0.25, 0.3) is 10.2 Å². The van der Waals surface area contributed by atoms with Crippen LogP contribution in [0.5, 0.6) is 5.75 Å². The Morgan fingerprint density at radius 3 is 2.58 bits per heavy atom. The number of benzene rings is 1. The van der Waals surface area contributed by atoms with Gasteiger partial charge in [0, 0.05) is 26.0 Å². The number of amides is 1. The van der Waals surface area contributed by atoms with E-state index in [4.69, 9.17) is 10.5 Å². The molecule has 2 aromatic heterocycles. The number of rotatable bonds is 4. The first-order chi connectivity index (χ1) is 11.5. The molecule has 3 rings (SSSR count). The van der Waals surface area contributed by atoms with E-state index in [0.717, 1.165) is 21.7 Å². The highest BCUT2D eigenvalue weighted by atomic mass is 32.1. The fourth-order valence-corrected chi connectivity index (χ4v) is 3.41. The molecule has 0 unspecified atom stereocenters. The highest BCUT2D eigenvalue weighted by Crippen LogP contribution is 2.38. The summed E-state index contributed by atoms with van der Waals surface area (Å²) < 4.78 is 5.11. The summed E-state index contributed by atoms with van der Waals surface area (Å²) in [5.74, 6) is 0.486. The molecular formula is C17H18N4O2S. The molecule has 124 valence electrons. The van der Waals surface area contributed by atoms with Crippen LogP contribution in [0.3, 0.4) is 0 Å². The van der Waals surface area contributed by atoms with E-state index in [1.165, 1.54) is 11.3 Å². The predicted molar refractivity (Wildman–Crippen MR) is 99.3 cm³/mol. The molecule has 1 aromatic carbocycles. The molecule has 0 saturated carbocycles. The zero-order valence-electron chi connectivity index (χ0n) is 13.7. The van der Waals surface area contributed by atoms with Crippen molar-refractivity contribution in [3.63, 3.8) is 0 Å². The maximum absolute atomic E-state index is 12.6. The molecule has 2 heterocycles. The summed E-state index contributed by atoms with van der Waals surface area (Å²) in [7, 11) is 5.47. The fraction of sp³-hybridized carbons (Fsp3) is 0.176. The number of nitrogens with two attached hydrogens (primary N) is 1. The van der Waals surface area contributed by atoms with Crippen molar-refractivity contribution < 1.29 is 9.53 Å². The molecule has 24 heavy (non-hydrogen) atoms. The average molecular weight is 342 g/mol. The first-order valence-corrected chi connectivity index (χ1v) is 8.12. The molecule has 0 atom stereocenters. The number of aromatic nitrogens is 1. The van der Waals surface area contributed by atoms with Crippen LogP contribution >= 0.6 is 11.3 Å². The summed E-state index contributed by atoms with van der Waals surface area (Å²) in [6.45, 7) is 0. The van der Waals surface area contributed by atoms with Gasteiger partial charge in [-0.3, -0.25) is 4.79 Å². The van der Waals surface area contributed by atoms with Gasteiger partial charge >= 0.3 is 0 Å². The number of methoxy groups -OCH3 is 1. The van der Waals surface area contributed by atoms with E-state index in [-0.39, 0.29) is 5.91 Å². The van der Waals surface area contributed by atoms with Crippen LogP contribution in [0.15, 0.2) is 36.5 Å². The molecule has 3 aromatic rings. The van der Waals surface area contributed by atoms with Gasteiger partial charge in [0.05, 0.1) is 23.9 Å². The van der Waals surface area contributed by atoms with Gasteiger partial charge in [-0.05, 0) is 30.3 Å². The number of fused-ring (bicyclic) bond motifs is 1. The van der Waals surface area contributed by atoms with E-state index in [9.17, 15) is 4.79 Å². The molecule has 0 radical (unpaired) electrons. The van der Waals surface area contributed by atoms with Crippen molar-refractivity contribution in [1.29, 1.82) is 0 Å². The Hall–Kier alpha value is -2.80. The fourth-order valence-electron chi connectivity index (χ4n) is 2.43. The SMILES string of the molecule is COc1ccc(NC(=O)c2sc3nccc(N(C)C)c3c2N)cc1. The molecule has 0 fully saturated rings. The maximum atomic E-state index is 12.6. The number of thiophene rings is 1. The van der Waals surface area contributed by atoms with Crippen molar-refractivity contribution in [2.24, 2.45) is 0 Å². The second kappa shape index (κ2) is 6.37. The summed E-state index contributed by atoms with van der Waals surface area (Å²) in [5.41, 5.74) is 8.32. The Bertz CT molecular complexity index is 887. The third-order valence-corrected chi connectivity index (χ3v) is 4.76. The zero-order valence-corrected chi connectivity index (χ0v) is 14.5. The van der Waals surface area contributed by atoms with Gasteiger partial charge in [0.2, 0.25) is 0 Å². The van der Waals surface area contributed by atoms with Gasteiger partial charge in [-0.15, -0.1) is 11.3 Å². The maximum Gasteiger partial charge on any atom is 0.267 e. The summed E-state index contributed by atoms with van der Waals surface area (Å²) in [6, 6.07) is 9.02. The van der Waals surface area contributed by atoms with Gasteiger partial charge in [-0.1, -0.05) is 0 Å². The lowest BCUT2D eigenvalue weighted by atomic mass is 10.2. The van der Waals surface area contributed by atoms with Crippen molar-refractivity contribution in [3.8, 4) is 5.75 Å². The molecular weight excluding hydrogens is 324 g/mol. The molecule has 7 heteroatoms. The number of hydrogen-bond donors (Lipinski definition) is 2. The quantitative estimate of drug-likeness (QED) is 0.761. The third kappa shape index (κ3) is 2.85. The van der Waals surface area contributed by atoms with Gasteiger partial charge in [-0.25, -0.2) is 4.98 Å². The van der Waals surface area contributed by atoms with Crippen molar-refractivity contribution >= 4 is 44.5 Å². The number of carbonyl (C=O) groups excluding carboxylic acids is 1. The first kappa shape index (κ1) is 16.1. The Balaban J connectivity index is 1.95. The second-order valence-corrected chi connectivity index (χ2v) is 6.43. The number of hydrogen-bond acceptors (Lipinski definition) is 6. The largest absolute Gasteiger partial charge is 0.497 e. The molecule has 0 aliphatic heterocycles. The van der Waals surface area contributed by atoms with Crippen LogP contribution in [0.2, 0.25) is 0 Å². The Kier molecular flexibility index (Phi) is 4.26. The number of anilines is 3. The molecule has 6 nitrogen and oxygen atoms in total. The monoisotopic (exact) mass is 342 g/mol. The van der Waals surface area contributed by atoms with Crippen molar-refractivity contribution in [2.45, 2.75) is 0 Å². The molecule has 0 spiro atoms. The molecule has 0 aliphatic carbocycles. The standard InChI is InChI=1S/C17H18N4O2S/c1-21(2)12-8-9-19-17-13(12)14(18)15(24-17)16(22)20-10-4-6-11(23-3)7-5-10/h4-9H,18H2,1-3H3,(H,20,22). The molecule has 0 bridgehead atoms. The minimum atomic E-state index is -0.245. The van der Waals surface area contributed by atoms with Gasteiger partial charge in [0.25, 0.3) is 5.91 Å². The Labute approximate surface area is 143 Å². The van der Waals surface area contributed by atoms with Crippen LogP contribution in [-0.2, 0) is 0 Å². The van der Waals surface area contributed by atoms with Crippen LogP contribution < -0.4 is 20.7 Å². The summed E-state index contributed by atoms with van der Waals surface area (Å²) >= 11 is 1.29. The zero-order chi connectivity index (χ0) is 17.3. The van der Waals surface area contributed by atoms with E-state index in [2.05, 4.69) is 10.3 Å². The second-order valence-electron chi connectivity index (χ2n) is 5.43. The summed E-state index contributed by atoms with van der Waals surface area (Å²) in [4.78, 5) is 20.1. The van der Waals surface area contributed by atoms with Crippen LogP contribution in [0, 0.1) is 0 Å². The number of nitrogens with one attached hydrogen (secondary N) is 1. The minimum absolute atomic E-state index is 0.245. The van der Waals surface area contributed by atoms with Crippen molar-refractivity contribution in [2.75, 3.05) is 37.2 Å². The lowest BCUT2D eigenvalue weighted by Gasteiger charge is -2.13. The Morgan fingerprint density at radius 2 is 1.96 bits per heavy atom. The predicted octanol–water partition coefficient (Wildman–Crippen LogP) is 3.21. The lowest BCUT2D eigenvalue weighted by molar-refractivity contribution is 0.103.